The summed E-state index contributed by atoms with van der Waals surface area (Å²) in [5.74, 6) is 7.29. The molecule has 1 aliphatic rings. The van der Waals surface area contributed by atoms with Crippen LogP contribution in [0.2, 0.25) is 5.02 Å². The number of aliphatic hydroxyl groups is 1. The second-order valence-corrected chi connectivity index (χ2v) is 7.31. The summed E-state index contributed by atoms with van der Waals surface area (Å²) in [5, 5.41) is 11.3. The molecule has 3 rings (SSSR count). The van der Waals surface area contributed by atoms with Gasteiger partial charge in [0.05, 0.1) is 6.61 Å². The molecule has 2 atom stereocenters. The van der Waals surface area contributed by atoms with Crippen LogP contribution in [0.25, 0.3) is 0 Å². The molecule has 1 fully saturated rings. The minimum atomic E-state index is -1.24. The summed E-state index contributed by atoms with van der Waals surface area (Å²) < 4.78 is 16.9. The van der Waals surface area contributed by atoms with Crippen molar-refractivity contribution in [1.82, 2.24) is 0 Å². The van der Waals surface area contributed by atoms with E-state index in [4.69, 9.17) is 25.8 Å². The molecule has 0 radical (unpaired) electrons. The van der Waals surface area contributed by atoms with E-state index in [-0.39, 0.29) is 6.29 Å². The largest absolute Gasteiger partial charge is 0.457 e. The molecule has 1 aliphatic heterocycles. The summed E-state index contributed by atoms with van der Waals surface area (Å²) in [4.78, 5) is 0. The van der Waals surface area contributed by atoms with Gasteiger partial charge in [0, 0.05) is 18.1 Å². The molecular weight excluding hydrogens is 376 g/mol. The summed E-state index contributed by atoms with van der Waals surface area (Å²) in [7, 11) is 0. The highest BCUT2D eigenvalue weighted by molar-refractivity contribution is 6.30. The lowest BCUT2D eigenvalue weighted by Crippen LogP contribution is -2.22. The predicted octanol–water partition coefficient (Wildman–Crippen LogP) is 5.28. The predicted molar refractivity (Wildman–Crippen MR) is 109 cm³/mol. The molecule has 2 aromatic rings. The molecule has 4 nitrogen and oxygen atoms in total. The maximum Gasteiger partial charge on any atom is 0.157 e. The van der Waals surface area contributed by atoms with E-state index in [2.05, 4.69) is 11.8 Å². The molecule has 0 aromatic heterocycles. The van der Waals surface area contributed by atoms with Crippen LogP contribution in [0.3, 0.4) is 0 Å². The number of hydrogen-bond donors (Lipinski definition) is 1. The SMILES string of the molecule is CC(O)(C#CCCOC1CCCCO1)c1ccc(Oc2ccc(Cl)cc2)cc1. The zero-order valence-electron chi connectivity index (χ0n) is 16.0. The zero-order chi connectivity index (χ0) is 19.8. The number of hydrogen-bond acceptors (Lipinski definition) is 4. The number of benzene rings is 2. The summed E-state index contributed by atoms with van der Waals surface area (Å²) in [5.41, 5.74) is -0.528. The Bertz CT molecular complexity index is 797. The van der Waals surface area contributed by atoms with Crippen LogP contribution >= 0.6 is 11.6 Å². The Balaban J connectivity index is 1.51. The fourth-order valence-corrected chi connectivity index (χ4v) is 3.00. The first-order valence-electron chi connectivity index (χ1n) is 9.52. The van der Waals surface area contributed by atoms with Crippen molar-refractivity contribution in [2.24, 2.45) is 0 Å². The van der Waals surface area contributed by atoms with Crippen molar-refractivity contribution < 1.29 is 19.3 Å². The molecule has 148 valence electrons. The second-order valence-electron chi connectivity index (χ2n) is 6.87. The summed E-state index contributed by atoms with van der Waals surface area (Å²) in [6, 6.07) is 14.4. The standard InChI is InChI=1S/C23H25ClO4/c1-23(25,15-3-5-17-27-22-6-2-4-16-26-22)18-7-11-20(12-8-18)28-21-13-9-19(24)10-14-21/h7-14,22,25H,2,4-6,16-17H2,1H3. The molecule has 2 unspecified atom stereocenters. The lowest BCUT2D eigenvalue weighted by atomic mass is 9.96. The average molecular weight is 401 g/mol. The van der Waals surface area contributed by atoms with Crippen LogP contribution in [-0.2, 0) is 15.1 Å². The van der Waals surface area contributed by atoms with Gasteiger partial charge in [0.1, 0.15) is 17.1 Å². The van der Waals surface area contributed by atoms with Gasteiger partial charge in [-0.1, -0.05) is 35.6 Å². The van der Waals surface area contributed by atoms with E-state index >= 15 is 0 Å². The topological polar surface area (TPSA) is 47.9 Å². The third-order valence-electron chi connectivity index (χ3n) is 4.47. The first-order valence-corrected chi connectivity index (χ1v) is 9.90. The lowest BCUT2D eigenvalue weighted by molar-refractivity contribution is -0.161. The van der Waals surface area contributed by atoms with Crippen molar-refractivity contribution in [2.75, 3.05) is 13.2 Å². The first kappa shape index (κ1) is 20.7. The van der Waals surface area contributed by atoms with E-state index in [0.717, 1.165) is 25.9 Å². The molecule has 1 N–H and O–H groups in total. The van der Waals surface area contributed by atoms with Gasteiger partial charge in [0.15, 0.2) is 6.29 Å². The van der Waals surface area contributed by atoms with E-state index in [1.807, 2.05) is 24.3 Å². The third kappa shape index (κ3) is 6.25. The van der Waals surface area contributed by atoms with Crippen molar-refractivity contribution in [3.05, 3.63) is 59.1 Å². The Morgan fingerprint density at radius 3 is 2.43 bits per heavy atom. The summed E-state index contributed by atoms with van der Waals surface area (Å²) in [6.45, 7) is 2.95. The minimum absolute atomic E-state index is 0.107. The highest BCUT2D eigenvalue weighted by Gasteiger charge is 2.20. The molecule has 0 bridgehead atoms. The van der Waals surface area contributed by atoms with Crippen molar-refractivity contribution in [2.45, 2.75) is 44.5 Å². The van der Waals surface area contributed by atoms with E-state index in [9.17, 15) is 5.11 Å². The van der Waals surface area contributed by atoms with Crippen LogP contribution in [0.15, 0.2) is 48.5 Å². The maximum absolute atomic E-state index is 10.7. The van der Waals surface area contributed by atoms with Crippen LogP contribution in [0.5, 0.6) is 11.5 Å². The zero-order valence-corrected chi connectivity index (χ0v) is 16.7. The summed E-state index contributed by atoms with van der Waals surface area (Å²) >= 11 is 5.88. The molecule has 1 heterocycles. The normalized spacial score (nSPS) is 18.6. The molecule has 28 heavy (non-hydrogen) atoms. The van der Waals surface area contributed by atoms with Crippen LogP contribution in [0.1, 0.15) is 38.2 Å². The van der Waals surface area contributed by atoms with E-state index in [0.29, 0.717) is 35.1 Å². The van der Waals surface area contributed by atoms with Gasteiger partial charge in [0.2, 0.25) is 0 Å². The first-order chi connectivity index (χ1) is 13.5. The highest BCUT2D eigenvalue weighted by Crippen LogP contribution is 2.26. The van der Waals surface area contributed by atoms with Gasteiger partial charge in [-0.05, 0) is 68.1 Å². The Morgan fingerprint density at radius 1 is 1.11 bits per heavy atom. The van der Waals surface area contributed by atoms with Crippen LogP contribution < -0.4 is 4.74 Å². The second kappa shape index (κ2) is 9.95. The van der Waals surface area contributed by atoms with Crippen LogP contribution in [-0.4, -0.2) is 24.6 Å². The fraction of sp³-hybridized carbons (Fsp3) is 0.391. The van der Waals surface area contributed by atoms with Crippen molar-refractivity contribution in [1.29, 1.82) is 0 Å². The van der Waals surface area contributed by atoms with Gasteiger partial charge in [0.25, 0.3) is 0 Å². The Kier molecular flexibility index (Phi) is 7.36. The molecule has 1 saturated heterocycles. The summed E-state index contributed by atoms with van der Waals surface area (Å²) in [6.07, 6.45) is 3.63. The van der Waals surface area contributed by atoms with E-state index in [1.165, 1.54) is 0 Å². The van der Waals surface area contributed by atoms with Gasteiger partial charge < -0.3 is 19.3 Å². The molecule has 0 amide bonds. The van der Waals surface area contributed by atoms with Crippen molar-refractivity contribution >= 4 is 11.6 Å². The Morgan fingerprint density at radius 2 is 1.79 bits per heavy atom. The number of ether oxygens (including phenoxy) is 3. The highest BCUT2D eigenvalue weighted by atomic mass is 35.5. The van der Waals surface area contributed by atoms with Gasteiger partial charge in [-0.2, -0.15) is 0 Å². The van der Waals surface area contributed by atoms with E-state index < -0.39 is 5.60 Å². The average Bonchev–Trinajstić information content (AvgIpc) is 2.71. The molecule has 2 aromatic carbocycles. The van der Waals surface area contributed by atoms with Gasteiger partial charge in [-0.25, -0.2) is 0 Å². The molecule has 5 heteroatoms. The van der Waals surface area contributed by atoms with Crippen LogP contribution in [0, 0.1) is 11.8 Å². The van der Waals surface area contributed by atoms with Crippen molar-refractivity contribution in [3.8, 4) is 23.3 Å². The molecule has 0 aliphatic carbocycles. The van der Waals surface area contributed by atoms with Crippen molar-refractivity contribution in [3.63, 3.8) is 0 Å². The van der Waals surface area contributed by atoms with E-state index in [1.54, 1.807) is 31.2 Å². The monoisotopic (exact) mass is 400 g/mol. The quantitative estimate of drug-likeness (QED) is 0.529. The third-order valence-corrected chi connectivity index (χ3v) is 4.72. The minimum Gasteiger partial charge on any atom is -0.457 e. The molecule has 0 saturated carbocycles. The van der Waals surface area contributed by atoms with Gasteiger partial charge in [-0.15, -0.1) is 0 Å². The smallest absolute Gasteiger partial charge is 0.157 e. The van der Waals surface area contributed by atoms with Crippen LogP contribution in [0.4, 0.5) is 0 Å². The number of halogens is 1. The fourth-order valence-electron chi connectivity index (χ4n) is 2.88. The maximum atomic E-state index is 10.7. The Hall–Kier alpha value is -2.03. The molecular formula is C23H25ClO4. The number of rotatable bonds is 6. The Labute approximate surface area is 171 Å². The molecule has 0 spiro atoms. The van der Waals surface area contributed by atoms with Gasteiger partial charge >= 0.3 is 0 Å². The lowest BCUT2D eigenvalue weighted by Gasteiger charge is -2.22. The van der Waals surface area contributed by atoms with Gasteiger partial charge in [-0.3, -0.25) is 0 Å².